The van der Waals surface area contributed by atoms with Crippen LogP contribution in [0.3, 0.4) is 0 Å². The van der Waals surface area contributed by atoms with Gasteiger partial charge in [0, 0.05) is 26.2 Å². The highest BCUT2D eigenvalue weighted by molar-refractivity contribution is 5.32. The van der Waals surface area contributed by atoms with Crippen molar-refractivity contribution in [2.75, 3.05) is 19.6 Å². The zero-order chi connectivity index (χ0) is 21.8. The lowest BCUT2D eigenvalue weighted by atomic mass is 9.78. The maximum atomic E-state index is 10.7. The topological polar surface area (TPSA) is 72.6 Å². The molecule has 4 atom stereocenters. The minimum Gasteiger partial charge on any atom is -0.489 e. The third kappa shape index (κ3) is 5.11. The zero-order valence-corrected chi connectivity index (χ0v) is 18.2. The van der Waals surface area contributed by atoms with Gasteiger partial charge < -0.3 is 24.0 Å². The predicted molar refractivity (Wildman–Crippen MR) is 120 cm³/mol. The van der Waals surface area contributed by atoms with Crippen LogP contribution in [-0.4, -0.2) is 56.6 Å². The molecule has 1 aliphatic carbocycles. The smallest absolute Gasteiger partial charge is 0.125 e. The van der Waals surface area contributed by atoms with Crippen LogP contribution in [0.1, 0.15) is 18.4 Å². The predicted octanol–water partition coefficient (Wildman–Crippen LogP) is 3.01. The van der Waals surface area contributed by atoms with Crippen LogP contribution in [0, 0.1) is 11.8 Å². The fraction of sp³-hybridized carbons (Fsp3) is 0.440. The Morgan fingerprint density at radius 1 is 0.844 bits per heavy atom. The van der Waals surface area contributed by atoms with E-state index in [0.29, 0.717) is 18.4 Å². The third-order valence-electron chi connectivity index (χ3n) is 6.66. The molecule has 0 spiro atoms. The van der Waals surface area contributed by atoms with Gasteiger partial charge in [0.05, 0.1) is 6.10 Å². The summed E-state index contributed by atoms with van der Waals surface area (Å²) in [5.41, 5.74) is 1.14. The van der Waals surface area contributed by atoms with Crippen molar-refractivity contribution in [3.05, 3.63) is 72.8 Å². The zero-order valence-electron chi connectivity index (χ0n) is 18.2. The van der Waals surface area contributed by atoms with Gasteiger partial charge in [-0.2, -0.15) is 0 Å². The molecule has 5 rings (SSSR count). The van der Waals surface area contributed by atoms with Crippen molar-refractivity contribution in [1.29, 1.82) is 0 Å². The first-order chi connectivity index (χ1) is 15.7. The number of likely N-dealkylation sites (tertiary alicyclic amines) is 1. The molecule has 7 heteroatoms. The van der Waals surface area contributed by atoms with E-state index in [0.717, 1.165) is 56.1 Å². The van der Waals surface area contributed by atoms with Crippen molar-refractivity contribution < 1.29 is 14.6 Å². The molecule has 1 N–H and O–H groups in total. The molecule has 2 aliphatic rings. The highest BCUT2D eigenvalue weighted by Gasteiger charge is 2.42. The normalized spacial score (nSPS) is 25.4. The minimum atomic E-state index is -0.428. The second kappa shape index (κ2) is 9.71. The maximum absolute atomic E-state index is 10.7. The molecule has 7 nitrogen and oxygen atoms in total. The van der Waals surface area contributed by atoms with E-state index in [9.17, 15) is 5.11 Å². The van der Waals surface area contributed by atoms with E-state index < -0.39 is 6.10 Å². The minimum absolute atomic E-state index is 0.162. The Morgan fingerprint density at radius 3 is 2.28 bits per heavy atom. The molecule has 1 saturated heterocycles. The molecule has 2 fully saturated rings. The molecule has 3 aromatic rings. The molecule has 0 radical (unpaired) electrons. The second-order valence-corrected chi connectivity index (χ2v) is 8.92. The molecule has 0 unspecified atom stereocenters. The van der Waals surface area contributed by atoms with Gasteiger partial charge >= 0.3 is 0 Å². The number of aromatic nitrogens is 3. The van der Waals surface area contributed by atoms with Crippen LogP contribution in [0.15, 0.2) is 67.3 Å². The Balaban J connectivity index is 1.11. The SMILES string of the molecule is O[C@@H]1C[C@H]2CN(CCn3cnnc3)C[C@H]2C[C@H]1Oc1ccc(OCc2ccccc2)cc1. The summed E-state index contributed by atoms with van der Waals surface area (Å²) in [5, 5.41) is 18.5. The monoisotopic (exact) mass is 434 g/mol. The lowest BCUT2D eigenvalue weighted by Crippen LogP contribution is -2.42. The highest BCUT2D eigenvalue weighted by Crippen LogP contribution is 2.38. The van der Waals surface area contributed by atoms with Gasteiger partial charge in [-0.3, -0.25) is 0 Å². The molecule has 2 heterocycles. The van der Waals surface area contributed by atoms with E-state index in [2.05, 4.69) is 15.1 Å². The molecule has 1 saturated carbocycles. The van der Waals surface area contributed by atoms with Gasteiger partial charge in [-0.15, -0.1) is 10.2 Å². The molecule has 1 aliphatic heterocycles. The maximum Gasteiger partial charge on any atom is 0.125 e. The average molecular weight is 435 g/mol. The number of aliphatic hydroxyl groups is 1. The molecular weight excluding hydrogens is 404 g/mol. The number of nitrogens with zero attached hydrogens (tertiary/aromatic N) is 4. The molecule has 32 heavy (non-hydrogen) atoms. The van der Waals surface area contributed by atoms with Gasteiger partial charge in [-0.05, 0) is 54.5 Å². The van der Waals surface area contributed by atoms with Crippen LogP contribution in [0.4, 0.5) is 0 Å². The Kier molecular flexibility index (Phi) is 6.36. The first-order valence-electron chi connectivity index (χ1n) is 11.4. The van der Waals surface area contributed by atoms with Gasteiger partial charge in [-0.25, -0.2) is 0 Å². The van der Waals surface area contributed by atoms with Crippen LogP contribution < -0.4 is 9.47 Å². The third-order valence-corrected chi connectivity index (χ3v) is 6.66. The number of benzene rings is 2. The van der Waals surface area contributed by atoms with Gasteiger partial charge in [0.15, 0.2) is 0 Å². The molecule has 2 aromatic carbocycles. The fourth-order valence-electron chi connectivity index (χ4n) is 4.92. The van der Waals surface area contributed by atoms with Crippen molar-refractivity contribution in [2.24, 2.45) is 11.8 Å². The number of hydrogen-bond acceptors (Lipinski definition) is 6. The fourth-order valence-corrected chi connectivity index (χ4v) is 4.92. The largest absolute Gasteiger partial charge is 0.489 e. The van der Waals surface area contributed by atoms with Crippen molar-refractivity contribution in [1.82, 2.24) is 19.7 Å². The van der Waals surface area contributed by atoms with Crippen LogP contribution in [0.2, 0.25) is 0 Å². The van der Waals surface area contributed by atoms with Gasteiger partial charge in [0.1, 0.15) is 36.9 Å². The van der Waals surface area contributed by atoms with E-state index >= 15 is 0 Å². The lowest BCUT2D eigenvalue weighted by Gasteiger charge is -2.35. The number of ether oxygens (including phenoxy) is 2. The van der Waals surface area contributed by atoms with Crippen molar-refractivity contribution in [2.45, 2.75) is 38.2 Å². The average Bonchev–Trinajstić information content (AvgIpc) is 3.47. The van der Waals surface area contributed by atoms with E-state index in [4.69, 9.17) is 9.47 Å². The quantitative estimate of drug-likeness (QED) is 0.588. The van der Waals surface area contributed by atoms with Crippen LogP contribution in [0.25, 0.3) is 0 Å². The van der Waals surface area contributed by atoms with E-state index in [1.807, 2.05) is 59.2 Å². The number of rotatable bonds is 8. The summed E-state index contributed by atoms with van der Waals surface area (Å²) in [4.78, 5) is 2.49. The van der Waals surface area contributed by atoms with Crippen molar-refractivity contribution in [3.8, 4) is 11.5 Å². The lowest BCUT2D eigenvalue weighted by molar-refractivity contribution is -0.0231. The van der Waals surface area contributed by atoms with Crippen LogP contribution in [-0.2, 0) is 13.2 Å². The van der Waals surface area contributed by atoms with Crippen LogP contribution in [0.5, 0.6) is 11.5 Å². The first kappa shape index (κ1) is 21.0. The molecule has 1 aromatic heterocycles. The number of hydrogen-bond donors (Lipinski definition) is 1. The van der Waals surface area contributed by atoms with Crippen molar-refractivity contribution in [3.63, 3.8) is 0 Å². The number of fused-ring (bicyclic) bond motifs is 1. The summed E-state index contributed by atoms with van der Waals surface area (Å²) in [6, 6.07) is 17.8. The summed E-state index contributed by atoms with van der Waals surface area (Å²) in [5.74, 6) is 2.70. The van der Waals surface area contributed by atoms with Gasteiger partial charge in [0.25, 0.3) is 0 Å². The molecule has 168 valence electrons. The second-order valence-electron chi connectivity index (χ2n) is 8.92. The Labute approximate surface area is 188 Å². The summed E-state index contributed by atoms with van der Waals surface area (Å²) in [7, 11) is 0. The van der Waals surface area contributed by atoms with E-state index in [-0.39, 0.29) is 6.10 Å². The molecule has 0 amide bonds. The molecular formula is C25H30N4O3. The Hall–Kier alpha value is -2.90. The summed E-state index contributed by atoms with van der Waals surface area (Å²) in [6.07, 6.45) is 4.62. The Bertz CT molecular complexity index is 965. The summed E-state index contributed by atoms with van der Waals surface area (Å²) >= 11 is 0. The van der Waals surface area contributed by atoms with E-state index in [1.54, 1.807) is 12.7 Å². The van der Waals surface area contributed by atoms with E-state index in [1.165, 1.54) is 0 Å². The van der Waals surface area contributed by atoms with Gasteiger partial charge in [0.2, 0.25) is 0 Å². The van der Waals surface area contributed by atoms with Crippen LogP contribution >= 0.6 is 0 Å². The Morgan fingerprint density at radius 2 is 1.53 bits per heavy atom. The summed E-state index contributed by atoms with van der Waals surface area (Å²) < 4.78 is 14.1. The van der Waals surface area contributed by atoms with Gasteiger partial charge in [-0.1, -0.05) is 30.3 Å². The molecule has 0 bridgehead atoms. The first-order valence-corrected chi connectivity index (χ1v) is 11.4. The highest BCUT2D eigenvalue weighted by atomic mass is 16.5. The van der Waals surface area contributed by atoms with Crippen molar-refractivity contribution >= 4 is 0 Å². The summed E-state index contributed by atoms with van der Waals surface area (Å²) in [6.45, 7) is 4.53. The number of aliphatic hydroxyl groups excluding tert-OH is 1. The standard InChI is InChI=1S/C25H30N4O3/c30-24-12-20-14-28(10-11-29-17-26-27-18-29)15-21(20)13-25(24)32-23-8-6-22(7-9-23)31-16-19-4-2-1-3-5-19/h1-9,17-18,20-21,24-25,30H,10-16H2/t20-,21+,24+,25+/m0/s1.